The number of carbonyl (C=O) groups excluding carboxylic acids is 2. The Morgan fingerprint density at radius 1 is 1.11 bits per heavy atom. The first kappa shape index (κ1) is 27.7. The van der Waals surface area contributed by atoms with E-state index < -0.39 is 0 Å². The summed E-state index contributed by atoms with van der Waals surface area (Å²) in [6.07, 6.45) is 1.53. The highest BCUT2D eigenvalue weighted by Gasteiger charge is 2.35. The number of hydrogen-bond acceptors (Lipinski definition) is 3. The summed E-state index contributed by atoms with van der Waals surface area (Å²) in [5.41, 5.74) is 3.92. The highest BCUT2D eigenvalue weighted by Crippen LogP contribution is 2.38. The van der Waals surface area contributed by atoms with Gasteiger partial charge in [0.15, 0.2) is 0 Å². The molecule has 2 amide bonds. The standard InChI is InChI=1S/C30H34Cl2N2O2S/c1-6-19(2)34(29(36)23-12-11-22(31)17-25(23)32)18-27(35)33-15-13-26-24(14-16-37-26)28(33)20-7-9-21(10-8-20)30(3,4)5/h7-12,14,16-17,19,28H,6,13,15,18H2,1-5H3/t19-,28+/m0/s1. The van der Waals surface area contributed by atoms with E-state index in [4.69, 9.17) is 23.2 Å². The average Bonchev–Trinajstić information content (AvgIpc) is 3.34. The Hall–Kier alpha value is -2.34. The van der Waals surface area contributed by atoms with Crippen LogP contribution >= 0.6 is 34.5 Å². The van der Waals surface area contributed by atoms with Crippen molar-refractivity contribution in [3.05, 3.63) is 91.1 Å². The number of nitrogens with zero attached hydrogens (tertiary/aromatic N) is 2. The normalized spacial score (nSPS) is 16.3. The van der Waals surface area contributed by atoms with E-state index in [-0.39, 0.29) is 40.9 Å². The molecule has 1 aromatic heterocycles. The highest BCUT2D eigenvalue weighted by molar-refractivity contribution is 7.10. The van der Waals surface area contributed by atoms with Crippen molar-refractivity contribution in [1.82, 2.24) is 9.80 Å². The Labute approximate surface area is 234 Å². The monoisotopic (exact) mass is 556 g/mol. The fourth-order valence-corrected chi connectivity index (χ4v) is 6.21. The van der Waals surface area contributed by atoms with Crippen LogP contribution in [0.4, 0.5) is 0 Å². The van der Waals surface area contributed by atoms with Crippen molar-refractivity contribution in [2.24, 2.45) is 0 Å². The Morgan fingerprint density at radius 3 is 2.43 bits per heavy atom. The fourth-order valence-electron chi connectivity index (χ4n) is 4.81. The molecule has 7 heteroatoms. The summed E-state index contributed by atoms with van der Waals surface area (Å²) < 4.78 is 0. The van der Waals surface area contributed by atoms with Crippen LogP contribution in [0.5, 0.6) is 0 Å². The molecule has 0 aliphatic carbocycles. The molecular formula is C30H34Cl2N2O2S. The van der Waals surface area contributed by atoms with Crippen LogP contribution in [-0.4, -0.2) is 40.7 Å². The minimum absolute atomic E-state index is 0.0111. The van der Waals surface area contributed by atoms with E-state index in [0.717, 1.165) is 18.4 Å². The molecule has 2 atom stereocenters. The molecule has 37 heavy (non-hydrogen) atoms. The van der Waals surface area contributed by atoms with Crippen LogP contribution in [0.2, 0.25) is 10.0 Å². The van der Waals surface area contributed by atoms with Gasteiger partial charge in [-0.05, 0) is 71.5 Å². The van der Waals surface area contributed by atoms with Crippen LogP contribution in [0.15, 0.2) is 53.9 Å². The van der Waals surface area contributed by atoms with Crippen molar-refractivity contribution in [3.8, 4) is 0 Å². The zero-order valence-electron chi connectivity index (χ0n) is 22.1. The van der Waals surface area contributed by atoms with Crippen molar-refractivity contribution in [2.45, 2.75) is 65.0 Å². The smallest absolute Gasteiger partial charge is 0.256 e. The first-order chi connectivity index (χ1) is 17.5. The summed E-state index contributed by atoms with van der Waals surface area (Å²) in [6.45, 7) is 11.2. The number of hydrogen-bond donors (Lipinski definition) is 0. The zero-order valence-corrected chi connectivity index (χ0v) is 24.4. The molecule has 1 aliphatic heterocycles. The number of carbonyl (C=O) groups is 2. The van der Waals surface area contributed by atoms with Gasteiger partial charge in [0.05, 0.1) is 16.6 Å². The van der Waals surface area contributed by atoms with E-state index >= 15 is 0 Å². The van der Waals surface area contributed by atoms with E-state index in [1.165, 1.54) is 16.0 Å². The summed E-state index contributed by atoms with van der Waals surface area (Å²) in [7, 11) is 0. The number of amides is 2. The lowest BCUT2D eigenvalue weighted by Crippen LogP contribution is -2.49. The molecule has 2 heterocycles. The molecule has 0 fully saturated rings. The molecule has 4 nitrogen and oxygen atoms in total. The van der Waals surface area contributed by atoms with Gasteiger partial charge in [0.2, 0.25) is 5.91 Å². The van der Waals surface area contributed by atoms with Crippen molar-refractivity contribution in [1.29, 1.82) is 0 Å². The van der Waals surface area contributed by atoms with Gasteiger partial charge in [0.25, 0.3) is 5.91 Å². The third-order valence-electron chi connectivity index (χ3n) is 7.23. The molecule has 2 aromatic carbocycles. The topological polar surface area (TPSA) is 40.6 Å². The minimum Gasteiger partial charge on any atom is -0.330 e. The molecule has 0 unspecified atom stereocenters. The number of benzene rings is 2. The van der Waals surface area contributed by atoms with Gasteiger partial charge in [-0.1, -0.05) is 75.2 Å². The van der Waals surface area contributed by atoms with E-state index in [2.05, 4.69) is 56.5 Å². The number of thiophene rings is 1. The Balaban J connectivity index is 1.65. The maximum atomic E-state index is 13.9. The van der Waals surface area contributed by atoms with Gasteiger partial charge in [0, 0.05) is 22.5 Å². The molecule has 0 spiro atoms. The van der Waals surface area contributed by atoms with Gasteiger partial charge in [0.1, 0.15) is 6.54 Å². The minimum atomic E-state index is -0.260. The third-order valence-corrected chi connectivity index (χ3v) is 8.77. The molecule has 0 saturated heterocycles. The van der Waals surface area contributed by atoms with Crippen LogP contribution < -0.4 is 0 Å². The second-order valence-electron chi connectivity index (χ2n) is 10.7. The van der Waals surface area contributed by atoms with Crippen molar-refractivity contribution in [3.63, 3.8) is 0 Å². The predicted molar refractivity (Wildman–Crippen MR) is 154 cm³/mol. The molecule has 0 saturated carbocycles. The van der Waals surface area contributed by atoms with E-state index in [0.29, 0.717) is 17.1 Å². The van der Waals surface area contributed by atoms with Gasteiger partial charge in [-0.3, -0.25) is 9.59 Å². The Kier molecular flexibility index (Phi) is 8.37. The van der Waals surface area contributed by atoms with E-state index in [9.17, 15) is 9.59 Å². The fraction of sp³-hybridized carbons (Fsp3) is 0.400. The summed E-state index contributed by atoms with van der Waals surface area (Å²) >= 11 is 14.2. The highest BCUT2D eigenvalue weighted by atomic mass is 35.5. The van der Waals surface area contributed by atoms with E-state index in [1.807, 2.05) is 18.7 Å². The second kappa shape index (κ2) is 11.2. The lowest BCUT2D eigenvalue weighted by atomic mass is 9.85. The average molecular weight is 558 g/mol. The van der Waals surface area contributed by atoms with Crippen molar-refractivity contribution < 1.29 is 9.59 Å². The maximum Gasteiger partial charge on any atom is 0.256 e. The van der Waals surface area contributed by atoms with Crippen LogP contribution in [0, 0.1) is 0 Å². The van der Waals surface area contributed by atoms with Crippen LogP contribution in [-0.2, 0) is 16.6 Å². The second-order valence-corrected chi connectivity index (χ2v) is 12.6. The lowest BCUT2D eigenvalue weighted by molar-refractivity contribution is -0.134. The number of rotatable bonds is 6. The number of halogens is 2. The quantitative estimate of drug-likeness (QED) is 0.311. The molecule has 196 valence electrons. The summed E-state index contributed by atoms with van der Waals surface area (Å²) in [5.74, 6) is -0.329. The SMILES string of the molecule is CC[C@H](C)N(CC(=O)N1CCc2sccc2[C@H]1c1ccc(C(C)(C)C)cc1)C(=O)c1ccc(Cl)cc1Cl. The van der Waals surface area contributed by atoms with Gasteiger partial charge in [-0.25, -0.2) is 0 Å². The lowest BCUT2D eigenvalue weighted by Gasteiger charge is -2.38. The molecule has 0 N–H and O–H groups in total. The molecule has 3 aromatic rings. The summed E-state index contributed by atoms with van der Waals surface area (Å²) in [6, 6.07) is 15.3. The first-order valence-corrected chi connectivity index (χ1v) is 14.4. The molecule has 1 aliphatic rings. The van der Waals surface area contributed by atoms with Gasteiger partial charge < -0.3 is 9.80 Å². The van der Waals surface area contributed by atoms with Gasteiger partial charge in [-0.15, -0.1) is 11.3 Å². The first-order valence-electron chi connectivity index (χ1n) is 12.7. The van der Waals surface area contributed by atoms with Crippen LogP contribution in [0.25, 0.3) is 0 Å². The zero-order chi connectivity index (χ0) is 26.9. The maximum absolute atomic E-state index is 13.9. The molecule has 0 bridgehead atoms. The summed E-state index contributed by atoms with van der Waals surface area (Å²) in [4.78, 5) is 32.4. The summed E-state index contributed by atoms with van der Waals surface area (Å²) in [5, 5.41) is 2.86. The van der Waals surface area contributed by atoms with Crippen LogP contribution in [0.1, 0.15) is 79.0 Å². The van der Waals surface area contributed by atoms with Crippen molar-refractivity contribution in [2.75, 3.05) is 13.1 Å². The Bertz CT molecular complexity index is 1280. The Morgan fingerprint density at radius 2 is 1.81 bits per heavy atom. The van der Waals surface area contributed by atoms with Gasteiger partial charge in [-0.2, -0.15) is 0 Å². The molecular weight excluding hydrogens is 523 g/mol. The largest absolute Gasteiger partial charge is 0.330 e. The predicted octanol–water partition coefficient (Wildman–Crippen LogP) is 7.77. The van der Waals surface area contributed by atoms with Gasteiger partial charge >= 0.3 is 0 Å². The van der Waals surface area contributed by atoms with E-state index in [1.54, 1.807) is 34.4 Å². The van der Waals surface area contributed by atoms with Crippen LogP contribution in [0.3, 0.4) is 0 Å². The molecule has 0 radical (unpaired) electrons. The third kappa shape index (κ3) is 5.89. The van der Waals surface area contributed by atoms with Crippen molar-refractivity contribution >= 4 is 46.4 Å². The molecule has 4 rings (SSSR count). The number of fused-ring (bicyclic) bond motifs is 1.